The molecule has 0 radical (unpaired) electrons. The highest BCUT2D eigenvalue weighted by Gasteiger charge is 2.62. The normalized spacial score (nSPS) is 23.2. The molecule has 0 saturated carbocycles. The van der Waals surface area contributed by atoms with E-state index in [9.17, 15) is 18.8 Å². The summed E-state index contributed by atoms with van der Waals surface area (Å²) in [6, 6.07) is 13.8. The summed E-state index contributed by atoms with van der Waals surface area (Å²) in [4.78, 5) is 42.3. The molecule has 6 rings (SSSR count). The van der Waals surface area contributed by atoms with E-state index in [1.54, 1.807) is 47.4 Å². The van der Waals surface area contributed by atoms with Crippen molar-refractivity contribution in [3.05, 3.63) is 92.7 Å². The van der Waals surface area contributed by atoms with Crippen LogP contribution in [0.25, 0.3) is 0 Å². The standard InChI is InChI=1S/C35H36Cl2FN3O5/c1-19-5-8-22(38)17-24(19)31-35(26-9-6-21(37)16-28(26)39-32(35)43)27(18-30(42)40-31)25-15-20(36)7-10-29(25)45-23-11-13-41(14-12-23)33(44)46-34(2,3)4/h5-10,15-17,23,27,31H,11-14,18H2,1-4H3,(H,39,43)(H,40,42)/t27-,31+,35?/m1/s1. The van der Waals surface area contributed by atoms with Gasteiger partial charge in [0.2, 0.25) is 11.8 Å². The van der Waals surface area contributed by atoms with Crippen LogP contribution >= 0.6 is 23.2 Å². The molecule has 3 aliphatic heterocycles. The smallest absolute Gasteiger partial charge is 0.410 e. The van der Waals surface area contributed by atoms with Gasteiger partial charge in [-0.2, -0.15) is 0 Å². The van der Waals surface area contributed by atoms with Gasteiger partial charge in [-0.1, -0.05) is 35.3 Å². The summed E-state index contributed by atoms with van der Waals surface area (Å²) >= 11 is 12.9. The van der Waals surface area contributed by atoms with Crippen molar-refractivity contribution >= 4 is 46.8 Å². The number of nitrogens with zero attached hydrogens (tertiary/aromatic N) is 1. The number of amides is 3. The summed E-state index contributed by atoms with van der Waals surface area (Å²) in [6.45, 7) is 8.23. The van der Waals surface area contributed by atoms with Gasteiger partial charge in [0.05, 0.1) is 6.04 Å². The van der Waals surface area contributed by atoms with E-state index in [4.69, 9.17) is 32.7 Å². The fourth-order valence-electron chi connectivity index (χ4n) is 7.00. The van der Waals surface area contributed by atoms with E-state index in [0.29, 0.717) is 64.1 Å². The topological polar surface area (TPSA) is 97.0 Å². The highest BCUT2D eigenvalue weighted by atomic mass is 35.5. The van der Waals surface area contributed by atoms with Crippen molar-refractivity contribution < 1.29 is 28.2 Å². The molecule has 2 N–H and O–H groups in total. The zero-order valence-corrected chi connectivity index (χ0v) is 27.6. The monoisotopic (exact) mass is 667 g/mol. The number of hydrogen-bond acceptors (Lipinski definition) is 5. The van der Waals surface area contributed by atoms with Crippen molar-refractivity contribution in [3.8, 4) is 5.75 Å². The zero-order valence-electron chi connectivity index (χ0n) is 26.1. The lowest BCUT2D eigenvalue weighted by Crippen LogP contribution is -2.57. The van der Waals surface area contributed by atoms with Gasteiger partial charge in [-0.3, -0.25) is 9.59 Å². The molecule has 8 nitrogen and oxygen atoms in total. The number of aryl methyl sites for hydroxylation is 1. The number of anilines is 1. The maximum Gasteiger partial charge on any atom is 0.410 e. The Bertz CT molecular complexity index is 1720. The first kappa shape index (κ1) is 32.1. The third-order valence-electron chi connectivity index (χ3n) is 9.04. The minimum atomic E-state index is -1.39. The van der Waals surface area contributed by atoms with Crippen LogP contribution in [0.3, 0.4) is 0 Å². The second kappa shape index (κ2) is 12.1. The quantitative estimate of drug-likeness (QED) is 0.301. The minimum Gasteiger partial charge on any atom is -0.490 e. The molecule has 0 aliphatic carbocycles. The third kappa shape index (κ3) is 5.91. The van der Waals surface area contributed by atoms with Crippen LogP contribution in [0.1, 0.15) is 74.2 Å². The van der Waals surface area contributed by atoms with Gasteiger partial charge >= 0.3 is 6.09 Å². The molecule has 3 amide bonds. The van der Waals surface area contributed by atoms with Crippen LogP contribution in [0.2, 0.25) is 10.0 Å². The van der Waals surface area contributed by atoms with Gasteiger partial charge in [-0.15, -0.1) is 0 Å². The highest BCUT2D eigenvalue weighted by Crippen LogP contribution is 2.59. The molecule has 3 atom stereocenters. The van der Waals surface area contributed by atoms with Gasteiger partial charge in [-0.05, 0) is 86.8 Å². The first-order chi connectivity index (χ1) is 21.8. The average Bonchev–Trinajstić information content (AvgIpc) is 3.26. The molecule has 3 aliphatic rings. The van der Waals surface area contributed by atoms with Gasteiger partial charge in [0.1, 0.15) is 28.7 Å². The maximum absolute atomic E-state index is 14.8. The van der Waals surface area contributed by atoms with Gasteiger partial charge < -0.3 is 25.0 Å². The molecule has 2 saturated heterocycles. The molecule has 11 heteroatoms. The van der Waals surface area contributed by atoms with Crippen LogP contribution in [-0.2, 0) is 19.7 Å². The summed E-state index contributed by atoms with van der Waals surface area (Å²) in [5.74, 6) is -1.38. The number of hydrogen-bond donors (Lipinski definition) is 2. The lowest BCUT2D eigenvalue weighted by Gasteiger charge is -2.47. The van der Waals surface area contributed by atoms with Crippen molar-refractivity contribution in [1.82, 2.24) is 10.2 Å². The summed E-state index contributed by atoms with van der Waals surface area (Å²) in [6.07, 6.45) is 0.471. The number of halogens is 3. The Balaban J connectivity index is 1.42. The van der Waals surface area contributed by atoms with E-state index >= 15 is 0 Å². The number of likely N-dealkylation sites (tertiary alicyclic amines) is 1. The van der Waals surface area contributed by atoms with Crippen LogP contribution in [0, 0.1) is 12.7 Å². The Labute approximate surface area is 277 Å². The van der Waals surface area contributed by atoms with E-state index in [1.807, 2.05) is 27.7 Å². The second-order valence-electron chi connectivity index (χ2n) is 13.2. The van der Waals surface area contributed by atoms with Gasteiger partial charge in [-0.25, -0.2) is 9.18 Å². The number of ether oxygens (including phenoxy) is 2. The first-order valence-electron chi connectivity index (χ1n) is 15.4. The highest BCUT2D eigenvalue weighted by molar-refractivity contribution is 6.31. The van der Waals surface area contributed by atoms with Gasteiger partial charge in [0.15, 0.2) is 0 Å². The molecule has 3 aromatic rings. The Morgan fingerprint density at radius 1 is 0.978 bits per heavy atom. The largest absolute Gasteiger partial charge is 0.490 e. The summed E-state index contributed by atoms with van der Waals surface area (Å²) in [7, 11) is 0. The van der Waals surface area contributed by atoms with Crippen LogP contribution in [0.15, 0.2) is 54.6 Å². The Kier molecular flexibility index (Phi) is 8.44. The maximum atomic E-state index is 14.8. The fraction of sp³-hybridized carbons (Fsp3) is 0.400. The Morgan fingerprint density at radius 3 is 2.39 bits per heavy atom. The number of benzene rings is 3. The molecular weight excluding hydrogens is 632 g/mol. The SMILES string of the molecule is Cc1ccc(F)cc1[C@@H]1NC(=O)C[C@H](c2cc(Cl)ccc2OC2CCN(C(=O)OC(C)(C)C)CC2)C12C(=O)Nc1cc(Cl)ccc12. The second-order valence-corrected chi connectivity index (χ2v) is 14.1. The average molecular weight is 669 g/mol. The van der Waals surface area contributed by atoms with Gasteiger partial charge in [0, 0.05) is 59.6 Å². The Morgan fingerprint density at radius 2 is 1.67 bits per heavy atom. The molecule has 0 aromatic heterocycles. The number of carbonyl (C=O) groups excluding carboxylic acids is 3. The molecule has 1 spiro atoms. The van der Waals surface area contributed by atoms with Crippen LogP contribution in [0.4, 0.5) is 14.9 Å². The van der Waals surface area contributed by atoms with E-state index in [-0.39, 0.29) is 30.4 Å². The van der Waals surface area contributed by atoms with E-state index in [2.05, 4.69) is 10.6 Å². The van der Waals surface area contributed by atoms with Crippen molar-refractivity contribution in [1.29, 1.82) is 0 Å². The van der Waals surface area contributed by atoms with Crippen LogP contribution in [-0.4, -0.2) is 47.6 Å². The summed E-state index contributed by atoms with van der Waals surface area (Å²) in [5.41, 5.74) is 0.984. The van der Waals surface area contributed by atoms with Crippen molar-refractivity contribution in [2.24, 2.45) is 0 Å². The lowest BCUT2D eigenvalue weighted by atomic mass is 9.59. The third-order valence-corrected chi connectivity index (χ3v) is 9.51. The molecule has 1 unspecified atom stereocenters. The van der Waals surface area contributed by atoms with Crippen LogP contribution < -0.4 is 15.4 Å². The molecule has 2 fully saturated rings. The number of carbonyl (C=O) groups is 3. The predicted octanol–water partition coefficient (Wildman–Crippen LogP) is 7.45. The number of piperidine rings is 2. The predicted molar refractivity (Wildman–Crippen MR) is 174 cm³/mol. The number of rotatable bonds is 4. The van der Waals surface area contributed by atoms with Crippen molar-refractivity contribution in [2.45, 2.75) is 76.0 Å². The van der Waals surface area contributed by atoms with E-state index in [0.717, 1.165) is 5.56 Å². The summed E-state index contributed by atoms with van der Waals surface area (Å²) in [5, 5.41) is 6.90. The summed E-state index contributed by atoms with van der Waals surface area (Å²) < 4.78 is 26.9. The molecule has 242 valence electrons. The van der Waals surface area contributed by atoms with Crippen LogP contribution in [0.5, 0.6) is 5.75 Å². The molecular formula is C35H36Cl2FN3O5. The molecule has 0 bridgehead atoms. The Hall–Kier alpha value is -3.82. The zero-order chi connectivity index (χ0) is 33.0. The minimum absolute atomic E-state index is 0.0475. The molecule has 3 heterocycles. The number of fused-ring (bicyclic) bond motifs is 2. The lowest BCUT2D eigenvalue weighted by molar-refractivity contribution is -0.131. The van der Waals surface area contributed by atoms with Crippen molar-refractivity contribution in [3.63, 3.8) is 0 Å². The van der Waals surface area contributed by atoms with Crippen molar-refractivity contribution in [2.75, 3.05) is 18.4 Å². The number of nitrogens with one attached hydrogen (secondary N) is 2. The molecule has 3 aromatic carbocycles. The molecule has 46 heavy (non-hydrogen) atoms. The first-order valence-corrected chi connectivity index (χ1v) is 16.1. The fourth-order valence-corrected chi connectivity index (χ4v) is 7.36. The van der Waals surface area contributed by atoms with E-state index < -0.39 is 28.8 Å². The van der Waals surface area contributed by atoms with E-state index in [1.165, 1.54) is 12.1 Å². The van der Waals surface area contributed by atoms with Gasteiger partial charge in [0.25, 0.3) is 0 Å².